The summed E-state index contributed by atoms with van der Waals surface area (Å²) in [6.45, 7) is 4.07. The van der Waals surface area contributed by atoms with Crippen molar-refractivity contribution in [2.24, 2.45) is 0 Å². The van der Waals surface area contributed by atoms with E-state index in [2.05, 4.69) is 9.47 Å². The molecule has 0 heterocycles. The van der Waals surface area contributed by atoms with Gasteiger partial charge >= 0.3 is 0 Å². The fraction of sp³-hybridized carbons (Fsp3) is 1.00. The summed E-state index contributed by atoms with van der Waals surface area (Å²) < 4.78 is 13.7. The van der Waals surface area contributed by atoms with E-state index < -0.39 is 0 Å². The molecule has 0 radical (unpaired) electrons. The Bertz CT molecular complexity index is 51.8. The van der Waals surface area contributed by atoms with Gasteiger partial charge in [-0.2, -0.15) is 0 Å². The third kappa shape index (κ3) is 16.4. The molecule has 0 atom stereocenters. The molecule has 0 aliphatic carbocycles. The molecule has 5 nitrogen and oxygen atoms in total. The minimum atomic E-state index is -0.346. The number of ether oxygens (including phenoxy) is 3. The highest BCUT2D eigenvalue weighted by Crippen LogP contribution is 1.77. The molecule has 0 unspecified atom stereocenters. The fourth-order valence-corrected chi connectivity index (χ4v) is 0.338. The van der Waals surface area contributed by atoms with Gasteiger partial charge in [-0.25, -0.2) is 0 Å². The molecular weight excluding hydrogens is 164 g/mol. The number of rotatable bonds is 7. The quantitative estimate of drug-likeness (QED) is 0.426. The van der Waals surface area contributed by atoms with Gasteiger partial charge in [0.25, 0.3) is 0 Å². The zero-order valence-corrected chi connectivity index (χ0v) is 7.65. The highest BCUT2D eigenvalue weighted by atomic mass is 16.7. The maximum atomic E-state index is 8.12. The van der Waals surface area contributed by atoms with Crippen molar-refractivity contribution >= 4 is 0 Å². The number of aliphatic hydroxyl groups is 2. The van der Waals surface area contributed by atoms with Crippen LogP contribution in [0, 0.1) is 0 Å². The summed E-state index contributed by atoms with van der Waals surface area (Å²) >= 11 is 0. The van der Waals surface area contributed by atoms with Crippen LogP contribution in [-0.2, 0) is 14.2 Å². The first-order chi connectivity index (χ1) is 5.91. The van der Waals surface area contributed by atoms with Crippen LogP contribution in [-0.4, -0.2) is 43.8 Å². The molecule has 12 heavy (non-hydrogen) atoms. The molecule has 5 heteroatoms. The standard InChI is InChI=1S/C5H12O5.C2H6/c6-3-8-1-2-9-5-10-4-7;1-2/h6-7H,1-5H2;1-2H3. The van der Waals surface area contributed by atoms with E-state index in [1.807, 2.05) is 13.8 Å². The van der Waals surface area contributed by atoms with Gasteiger partial charge in [-0.3, -0.25) is 0 Å². The summed E-state index contributed by atoms with van der Waals surface area (Å²) in [5, 5.41) is 16.2. The lowest BCUT2D eigenvalue weighted by atomic mass is 10.8. The van der Waals surface area contributed by atoms with Crippen molar-refractivity contribution in [2.45, 2.75) is 13.8 Å². The van der Waals surface area contributed by atoms with Crippen LogP contribution in [0.5, 0.6) is 0 Å². The van der Waals surface area contributed by atoms with Crippen LogP contribution in [0.15, 0.2) is 0 Å². The van der Waals surface area contributed by atoms with Crippen LogP contribution in [0.2, 0.25) is 0 Å². The van der Waals surface area contributed by atoms with Crippen LogP contribution < -0.4 is 0 Å². The first kappa shape index (κ1) is 14.3. The van der Waals surface area contributed by atoms with E-state index in [1.165, 1.54) is 0 Å². The summed E-state index contributed by atoms with van der Waals surface area (Å²) in [4.78, 5) is 0. The Morgan fingerprint density at radius 3 is 1.83 bits per heavy atom. The van der Waals surface area contributed by atoms with E-state index in [0.29, 0.717) is 13.2 Å². The summed E-state index contributed by atoms with van der Waals surface area (Å²) in [6, 6.07) is 0. The number of aliphatic hydroxyl groups excluding tert-OH is 2. The van der Waals surface area contributed by atoms with E-state index in [1.54, 1.807) is 0 Å². The van der Waals surface area contributed by atoms with Gasteiger partial charge in [0.2, 0.25) is 0 Å². The zero-order valence-electron chi connectivity index (χ0n) is 7.65. The molecule has 0 saturated heterocycles. The maximum absolute atomic E-state index is 8.12. The van der Waals surface area contributed by atoms with E-state index in [-0.39, 0.29) is 20.4 Å². The molecule has 0 aliphatic rings. The van der Waals surface area contributed by atoms with Crippen LogP contribution in [0.25, 0.3) is 0 Å². The predicted octanol–water partition coefficient (Wildman–Crippen LogP) is -0.0805. The van der Waals surface area contributed by atoms with Gasteiger partial charge in [0.1, 0.15) is 20.4 Å². The van der Waals surface area contributed by atoms with Gasteiger partial charge in [-0.15, -0.1) is 0 Å². The average Bonchev–Trinajstić information content (AvgIpc) is 2.15. The Morgan fingerprint density at radius 1 is 0.833 bits per heavy atom. The van der Waals surface area contributed by atoms with Crippen LogP contribution >= 0.6 is 0 Å². The average molecular weight is 182 g/mol. The molecule has 0 aliphatic heterocycles. The molecule has 76 valence electrons. The summed E-state index contributed by atoms with van der Waals surface area (Å²) in [5.41, 5.74) is 0. The van der Waals surface area contributed by atoms with Crippen LogP contribution in [0.1, 0.15) is 13.8 Å². The highest BCUT2D eigenvalue weighted by Gasteiger charge is 1.86. The van der Waals surface area contributed by atoms with E-state index in [0.717, 1.165) is 0 Å². The predicted molar refractivity (Wildman–Crippen MR) is 43.4 cm³/mol. The minimum absolute atomic E-state index is 0.0469. The van der Waals surface area contributed by atoms with Crippen molar-refractivity contribution in [2.75, 3.05) is 33.6 Å². The Labute approximate surface area is 72.9 Å². The Kier molecular flexibility index (Phi) is 20.4. The summed E-state index contributed by atoms with van der Waals surface area (Å²) in [7, 11) is 0. The first-order valence-electron chi connectivity index (χ1n) is 3.86. The molecular formula is C7H18O5. The zero-order chi connectivity index (χ0) is 9.66. The van der Waals surface area contributed by atoms with Crippen LogP contribution in [0.4, 0.5) is 0 Å². The lowest BCUT2D eigenvalue weighted by molar-refractivity contribution is -0.121. The smallest absolute Gasteiger partial charge is 0.149 e. The molecule has 0 rings (SSSR count). The molecule has 0 aromatic heterocycles. The van der Waals surface area contributed by atoms with Crippen molar-refractivity contribution in [1.82, 2.24) is 0 Å². The van der Waals surface area contributed by atoms with Crippen molar-refractivity contribution in [3.05, 3.63) is 0 Å². The topological polar surface area (TPSA) is 68.2 Å². The second-order valence-corrected chi connectivity index (χ2v) is 1.40. The van der Waals surface area contributed by atoms with Crippen molar-refractivity contribution in [1.29, 1.82) is 0 Å². The van der Waals surface area contributed by atoms with Crippen molar-refractivity contribution < 1.29 is 24.4 Å². The van der Waals surface area contributed by atoms with E-state index in [4.69, 9.17) is 14.9 Å². The first-order valence-corrected chi connectivity index (χ1v) is 3.86. The Morgan fingerprint density at radius 2 is 1.33 bits per heavy atom. The molecule has 0 spiro atoms. The minimum Gasteiger partial charge on any atom is -0.371 e. The third-order valence-electron chi connectivity index (χ3n) is 0.721. The van der Waals surface area contributed by atoms with Crippen molar-refractivity contribution in [3.8, 4) is 0 Å². The van der Waals surface area contributed by atoms with Gasteiger partial charge in [0, 0.05) is 0 Å². The number of hydrogen-bond donors (Lipinski definition) is 2. The third-order valence-corrected chi connectivity index (χ3v) is 0.721. The largest absolute Gasteiger partial charge is 0.371 e. The molecule has 0 saturated carbocycles. The second kappa shape index (κ2) is 17.0. The van der Waals surface area contributed by atoms with Gasteiger partial charge in [0.05, 0.1) is 13.2 Å². The Hall–Kier alpha value is -0.200. The van der Waals surface area contributed by atoms with Gasteiger partial charge in [-0.05, 0) is 0 Å². The maximum Gasteiger partial charge on any atom is 0.149 e. The molecule has 0 aromatic carbocycles. The normalized spacial score (nSPS) is 9.00. The van der Waals surface area contributed by atoms with E-state index >= 15 is 0 Å². The monoisotopic (exact) mass is 182 g/mol. The van der Waals surface area contributed by atoms with Gasteiger partial charge in [-0.1, -0.05) is 13.8 Å². The molecule has 0 fully saturated rings. The molecule has 0 bridgehead atoms. The molecule has 0 amide bonds. The van der Waals surface area contributed by atoms with E-state index in [9.17, 15) is 0 Å². The summed E-state index contributed by atoms with van der Waals surface area (Å²) in [6.07, 6.45) is 0. The lowest BCUT2D eigenvalue weighted by Gasteiger charge is -2.02. The lowest BCUT2D eigenvalue weighted by Crippen LogP contribution is -2.07. The van der Waals surface area contributed by atoms with Crippen molar-refractivity contribution in [3.63, 3.8) is 0 Å². The fourth-order valence-electron chi connectivity index (χ4n) is 0.338. The van der Waals surface area contributed by atoms with Gasteiger partial charge in [0.15, 0.2) is 0 Å². The van der Waals surface area contributed by atoms with Gasteiger partial charge < -0.3 is 24.4 Å². The number of hydrogen-bond acceptors (Lipinski definition) is 5. The molecule has 2 N–H and O–H groups in total. The highest BCUT2D eigenvalue weighted by molar-refractivity contribution is 4.21. The summed E-state index contributed by atoms with van der Waals surface area (Å²) in [5.74, 6) is 0. The second-order valence-electron chi connectivity index (χ2n) is 1.40. The van der Waals surface area contributed by atoms with Crippen LogP contribution in [0.3, 0.4) is 0 Å². The SMILES string of the molecule is CC.OCOCCOCOCO. The molecule has 0 aromatic rings. The Balaban J connectivity index is 0.